The van der Waals surface area contributed by atoms with Crippen LogP contribution in [0.3, 0.4) is 0 Å². The topological polar surface area (TPSA) is 66.5 Å². The molecular weight excluding hydrogens is 294 g/mol. The summed E-state index contributed by atoms with van der Waals surface area (Å²) in [5.74, 6) is 2.14. The van der Waals surface area contributed by atoms with Crippen molar-refractivity contribution in [3.05, 3.63) is 22.6 Å². The normalized spacial score (nSPS) is 10.6. The van der Waals surface area contributed by atoms with Gasteiger partial charge in [-0.05, 0) is 28.8 Å². The fourth-order valence-corrected chi connectivity index (χ4v) is 2.18. The second-order valence-electron chi connectivity index (χ2n) is 3.87. The van der Waals surface area contributed by atoms with Gasteiger partial charge in [-0.1, -0.05) is 13.8 Å². The number of nitrogens with one attached hydrogen (secondary N) is 2. The van der Waals surface area contributed by atoms with Gasteiger partial charge in [-0.25, -0.2) is 15.0 Å². The quantitative estimate of drug-likeness (QED) is 0.891. The minimum absolute atomic E-state index is 0.624. The number of halogens is 1. The zero-order valence-electron chi connectivity index (χ0n) is 10.5. The van der Waals surface area contributed by atoms with E-state index in [4.69, 9.17) is 0 Å². The summed E-state index contributed by atoms with van der Waals surface area (Å²) in [5.41, 5.74) is 0.981. The highest BCUT2D eigenvalue weighted by Crippen LogP contribution is 2.26. The summed E-state index contributed by atoms with van der Waals surface area (Å²) >= 11 is 3.55. The van der Waals surface area contributed by atoms with E-state index in [0.717, 1.165) is 35.4 Å². The lowest BCUT2D eigenvalue weighted by molar-refractivity contribution is 0.939. The molecule has 0 radical (unpaired) electrons. The molecule has 0 amide bonds. The Kier molecular flexibility index (Phi) is 4.30. The molecule has 5 nitrogen and oxygen atoms in total. The van der Waals surface area contributed by atoms with Crippen molar-refractivity contribution < 1.29 is 0 Å². The summed E-state index contributed by atoms with van der Waals surface area (Å²) in [6.07, 6.45) is 5.36. The van der Waals surface area contributed by atoms with Crippen LogP contribution in [0.4, 0.5) is 5.82 Å². The Morgan fingerprint density at radius 3 is 2.78 bits per heavy atom. The molecule has 0 unspecified atom stereocenters. The number of aromatic amines is 1. The van der Waals surface area contributed by atoms with Crippen LogP contribution in [0.25, 0.3) is 11.6 Å². The van der Waals surface area contributed by atoms with Gasteiger partial charge in [0.2, 0.25) is 0 Å². The van der Waals surface area contributed by atoms with Crippen molar-refractivity contribution in [1.82, 2.24) is 19.9 Å². The van der Waals surface area contributed by atoms with Crippen molar-refractivity contribution in [3.8, 4) is 11.6 Å². The zero-order chi connectivity index (χ0) is 13.0. The largest absolute Gasteiger partial charge is 0.369 e. The summed E-state index contributed by atoms with van der Waals surface area (Å²) in [7, 11) is 0. The van der Waals surface area contributed by atoms with E-state index in [2.05, 4.69) is 55.0 Å². The van der Waals surface area contributed by atoms with E-state index >= 15 is 0 Å². The molecule has 0 bridgehead atoms. The molecule has 2 heterocycles. The molecule has 2 N–H and O–H groups in total. The Morgan fingerprint density at radius 2 is 2.17 bits per heavy atom. The number of H-pyrrole nitrogens is 1. The van der Waals surface area contributed by atoms with Crippen LogP contribution in [0.1, 0.15) is 26.0 Å². The van der Waals surface area contributed by atoms with Crippen LogP contribution in [-0.4, -0.2) is 26.5 Å². The average molecular weight is 310 g/mol. The van der Waals surface area contributed by atoms with Gasteiger partial charge in [-0.2, -0.15) is 0 Å². The van der Waals surface area contributed by atoms with Crippen molar-refractivity contribution in [2.24, 2.45) is 0 Å². The molecule has 96 valence electrons. The molecule has 0 aliphatic carbocycles. The smallest absolute Gasteiger partial charge is 0.197 e. The lowest BCUT2D eigenvalue weighted by Crippen LogP contribution is -2.07. The standard InChI is InChI=1S/C12H16BrN5/c1-3-5-14-10-9(13)8(4-2)17-12(18-10)11-15-6-7-16-11/h6-7H,3-5H2,1-2H3,(H,15,16)(H,14,17,18). The van der Waals surface area contributed by atoms with Gasteiger partial charge in [0.15, 0.2) is 11.6 Å². The molecule has 18 heavy (non-hydrogen) atoms. The number of aromatic nitrogens is 4. The monoisotopic (exact) mass is 309 g/mol. The molecule has 0 saturated carbocycles. The van der Waals surface area contributed by atoms with Gasteiger partial charge in [-0.3, -0.25) is 0 Å². The van der Waals surface area contributed by atoms with Crippen LogP contribution in [0, 0.1) is 0 Å². The molecule has 2 aromatic rings. The second kappa shape index (κ2) is 5.95. The Bertz CT molecular complexity index is 509. The Balaban J connectivity index is 2.42. The first-order valence-electron chi connectivity index (χ1n) is 6.06. The molecule has 0 saturated heterocycles. The summed E-state index contributed by atoms with van der Waals surface area (Å²) in [4.78, 5) is 16.2. The molecule has 6 heteroatoms. The minimum atomic E-state index is 0.624. The molecule has 0 aromatic carbocycles. The molecule has 2 aromatic heterocycles. The third-order valence-corrected chi connectivity index (χ3v) is 3.34. The van der Waals surface area contributed by atoms with Crippen LogP contribution >= 0.6 is 15.9 Å². The van der Waals surface area contributed by atoms with Crippen molar-refractivity contribution in [2.45, 2.75) is 26.7 Å². The molecule has 0 spiro atoms. The van der Waals surface area contributed by atoms with Crippen LogP contribution < -0.4 is 5.32 Å². The van der Waals surface area contributed by atoms with Crippen molar-refractivity contribution in [2.75, 3.05) is 11.9 Å². The first kappa shape index (κ1) is 13.0. The van der Waals surface area contributed by atoms with Crippen LogP contribution in [0.5, 0.6) is 0 Å². The Morgan fingerprint density at radius 1 is 1.33 bits per heavy atom. The summed E-state index contributed by atoms with van der Waals surface area (Å²) in [6.45, 7) is 5.08. The first-order valence-corrected chi connectivity index (χ1v) is 6.85. The van der Waals surface area contributed by atoms with E-state index in [1.807, 2.05) is 0 Å². The van der Waals surface area contributed by atoms with Gasteiger partial charge >= 0.3 is 0 Å². The minimum Gasteiger partial charge on any atom is -0.369 e. The predicted molar refractivity (Wildman–Crippen MR) is 75.5 cm³/mol. The highest BCUT2D eigenvalue weighted by Gasteiger charge is 2.13. The molecule has 0 aliphatic rings. The van der Waals surface area contributed by atoms with E-state index in [9.17, 15) is 0 Å². The number of rotatable bonds is 5. The maximum Gasteiger partial charge on any atom is 0.197 e. The van der Waals surface area contributed by atoms with Gasteiger partial charge in [0, 0.05) is 18.9 Å². The molecule has 0 aliphatic heterocycles. The van der Waals surface area contributed by atoms with E-state index in [1.165, 1.54) is 0 Å². The van der Waals surface area contributed by atoms with E-state index in [-0.39, 0.29) is 0 Å². The van der Waals surface area contributed by atoms with E-state index in [1.54, 1.807) is 12.4 Å². The maximum atomic E-state index is 4.51. The molecular formula is C12H16BrN5. The van der Waals surface area contributed by atoms with Gasteiger partial charge < -0.3 is 10.3 Å². The Hall–Kier alpha value is -1.43. The van der Waals surface area contributed by atoms with Gasteiger partial charge in [0.1, 0.15) is 5.82 Å². The Labute approximate surface area is 115 Å². The number of hydrogen-bond donors (Lipinski definition) is 2. The van der Waals surface area contributed by atoms with Crippen molar-refractivity contribution in [1.29, 1.82) is 0 Å². The van der Waals surface area contributed by atoms with Crippen LogP contribution in [-0.2, 0) is 6.42 Å². The van der Waals surface area contributed by atoms with Gasteiger partial charge in [-0.15, -0.1) is 0 Å². The number of imidazole rings is 1. The number of aryl methyl sites for hydroxylation is 1. The summed E-state index contributed by atoms with van der Waals surface area (Å²) in [5, 5.41) is 3.30. The highest BCUT2D eigenvalue weighted by atomic mass is 79.9. The lowest BCUT2D eigenvalue weighted by atomic mass is 10.3. The third-order valence-electron chi connectivity index (χ3n) is 2.51. The highest BCUT2D eigenvalue weighted by molar-refractivity contribution is 9.10. The number of anilines is 1. The third kappa shape index (κ3) is 2.69. The lowest BCUT2D eigenvalue weighted by Gasteiger charge is -2.10. The number of nitrogens with zero attached hydrogens (tertiary/aromatic N) is 3. The van der Waals surface area contributed by atoms with Crippen LogP contribution in [0.2, 0.25) is 0 Å². The zero-order valence-corrected chi connectivity index (χ0v) is 12.1. The second-order valence-corrected chi connectivity index (χ2v) is 4.67. The SMILES string of the molecule is CCCNc1nc(-c2ncc[nH]2)nc(CC)c1Br. The predicted octanol–water partition coefficient (Wildman–Crippen LogP) is 3.01. The van der Waals surface area contributed by atoms with Crippen LogP contribution in [0.15, 0.2) is 16.9 Å². The van der Waals surface area contributed by atoms with E-state index in [0.29, 0.717) is 11.6 Å². The van der Waals surface area contributed by atoms with Crippen molar-refractivity contribution in [3.63, 3.8) is 0 Å². The fraction of sp³-hybridized carbons (Fsp3) is 0.417. The van der Waals surface area contributed by atoms with Gasteiger partial charge in [0.25, 0.3) is 0 Å². The molecule has 0 atom stereocenters. The van der Waals surface area contributed by atoms with E-state index < -0.39 is 0 Å². The van der Waals surface area contributed by atoms with Crippen molar-refractivity contribution >= 4 is 21.7 Å². The fourth-order valence-electron chi connectivity index (χ4n) is 1.58. The average Bonchev–Trinajstić information content (AvgIpc) is 2.91. The number of hydrogen-bond acceptors (Lipinski definition) is 4. The van der Waals surface area contributed by atoms with Gasteiger partial charge in [0.05, 0.1) is 10.2 Å². The molecule has 0 fully saturated rings. The molecule has 2 rings (SSSR count). The summed E-state index contributed by atoms with van der Waals surface area (Å²) in [6, 6.07) is 0. The maximum absolute atomic E-state index is 4.51. The first-order chi connectivity index (χ1) is 8.76. The summed E-state index contributed by atoms with van der Waals surface area (Å²) < 4.78 is 0.939.